The molecule has 1 aromatic heterocycles. The molecular weight excluding hydrogens is 320 g/mol. The Morgan fingerprint density at radius 2 is 2.15 bits per heavy atom. The van der Waals surface area contributed by atoms with Gasteiger partial charge in [0.25, 0.3) is 5.91 Å². The maximum absolute atomic E-state index is 12.2. The van der Waals surface area contributed by atoms with Crippen LogP contribution >= 0.6 is 15.9 Å². The van der Waals surface area contributed by atoms with Crippen LogP contribution in [0.1, 0.15) is 15.9 Å². The van der Waals surface area contributed by atoms with Crippen LogP contribution in [-0.2, 0) is 11.2 Å². The zero-order valence-electron chi connectivity index (χ0n) is 11.1. The number of aromatic nitrogens is 1. The molecule has 1 amide bonds. The molecule has 0 aliphatic carbocycles. The Labute approximate surface area is 126 Å². The van der Waals surface area contributed by atoms with E-state index in [0.29, 0.717) is 12.2 Å². The molecule has 2 rings (SSSR count). The van der Waals surface area contributed by atoms with Gasteiger partial charge in [0.1, 0.15) is 0 Å². The third kappa shape index (κ3) is 3.88. The van der Waals surface area contributed by atoms with E-state index in [9.17, 15) is 4.79 Å². The summed E-state index contributed by atoms with van der Waals surface area (Å²) in [7, 11) is 1.66. The van der Waals surface area contributed by atoms with Gasteiger partial charge < -0.3 is 10.1 Å². The van der Waals surface area contributed by atoms with E-state index in [1.807, 2.05) is 24.3 Å². The number of carbonyl (C=O) groups excluding carboxylic acids is 1. The number of amides is 1. The number of carbonyl (C=O) groups is 1. The summed E-state index contributed by atoms with van der Waals surface area (Å²) in [4.78, 5) is 16.2. The molecule has 0 aliphatic heterocycles. The Kier molecular flexibility index (Phi) is 5.26. The van der Waals surface area contributed by atoms with Gasteiger partial charge in [-0.15, -0.1) is 0 Å². The van der Waals surface area contributed by atoms with Gasteiger partial charge in [-0.3, -0.25) is 9.78 Å². The predicted molar refractivity (Wildman–Crippen MR) is 81.9 cm³/mol. The Morgan fingerprint density at radius 3 is 2.90 bits per heavy atom. The van der Waals surface area contributed by atoms with Crippen LogP contribution in [0.25, 0.3) is 0 Å². The van der Waals surface area contributed by atoms with Gasteiger partial charge in [-0.1, -0.05) is 18.2 Å². The number of methoxy groups -OCH3 is 1. The standard InChI is InChI=1S/C15H15BrN2O2/c1-20-7-6-11-4-2-3-5-14(11)18-15(19)12-8-13(16)10-17-9-12/h2-5,8-10H,6-7H2,1H3,(H,18,19). The van der Waals surface area contributed by atoms with E-state index in [2.05, 4.69) is 26.2 Å². The van der Waals surface area contributed by atoms with Crippen molar-refractivity contribution in [3.05, 3.63) is 58.3 Å². The number of ether oxygens (including phenoxy) is 1. The van der Waals surface area contributed by atoms with Crippen LogP contribution in [0.4, 0.5) is 5.69 Å². The van der Waals surface area contributed by atoms with E-state index >= 15 is 0 Å². The van der Waals surface area contributed by atoms with Crippen LogP contribution in [0.5, 0.6) is 0 Å². The molecule has 1 N–H and O–H groups in total. The van der Waals surface area contributed by atoms with E-state index in [4.69, 9.17) is 4.74 Å². The third-order valence-electron chi connectivity index (χ3n) is 2.81. The highest BCUT2D eigenvalue weighted by atomic mass is 79.9. The molecule has 5 heteroatoms. The lowest BCUT2D eigenvalue weighted by Gasteiger charge is -2.10. The summed E-state index contributed by atoms with van der Waals surface area (Å²) in [5, 5.41) is 2.91. The van der Waals surface area contributed by atoms with Crippen molar-refractivity contribution in [1.82, 2.24) is 4.98 Å². The van der Waals surface area contributed by atoms with Crippen molar-refractivity contribution < 1.29 is 9.53 Å². The van der Waals surface area contributed by atoms with Crippen molar-refractivity contribution in [2.45, 2.75) is 6.42 Å². The summed E-state index contributed by atoms with van der Waals surface area (Å²) in [5.41, 5.74) is 2.36. The van der Waals surface area contributed by atoms with Crippen molar-refractivity contribution in [2.75, 3.05) is 19.0 Å². The molecule has 20 heavy (non-hydrogen) atoms. The molecule has 1 heterocycles. The van der Waals surface area contributed by atoms with Gasteiger partial charge in [-0.2, -0.15) is 0 Å². The van der Waals surface area contributed by atoms with Crippen LogP contribution in [0, 0.1) is 0 Å². The van der Waals surface area contributed by atoms with Crippen LogP contribution in [-0.4, -0.2) is 24.6 Å². The van der Waals surface area contributed by atoms with E-state index < -0.39 is 0 Å². The minimum atomic E-state index is -0.177. The summed E-state index contributed by atoms with van der Waals surface area (Å²) in [6.07, 6.45) is 3.94. The molecule has 0 spiro atoms. The van der Waals surface area contributed by atoms with Gasteiger partial charge in [-0.05, 0) is 40.0 Å². The second-order valence-corrected chi connectivity index (χ2v) is 5.16. The first-order valence-electron chi connectivity index (χ1n) is 6.19. The van der Waals surface area contributed by atoms with Gasteiger partial charge in [0.15, 0.2) is 0 Å². The molecule has 0 fully saturated rings. The Bertz CT molecular complexity index is 602. The summed E-state index contributed by atoms with van der Waals surface area (Å²) in [6, 6.07) is 9.44. The number of benzene rings is 1. The van der Waals surface area contributed by atoms with Gasteiger partial charge in [0, 0.05) is 29.7 Å². The van der Waals surface area contributed by atoms with Crippen LogP contribution < -0.4 is 5.32 Å². The smallest absolute Gasteiger partial charge is 0.257 e. The minimum absolute atomic E-state index is 0.177. The highest BCUT2D eigenvalue weighted by Gasteiger charge is 2.09. The first-order valence-corrected chi connectivity index (χ1v) is 6.99. The molecule has 0 saturated carbocycles. The fraction of sp³-hybridized carbons (Fsp3) is 0.200. The Balaban J connectivity index is 2.15. The molecule has 104 valence electrons. The topological polar surface area (TPSA) is 51.2 Å². The second-order valence-electron chi connectivity index (χ2n) is 4.25. The SMILES string of the molecule is COCCc1ccccc1NC(=O)c1cncc(Br)c1. The van der Waals surface area contributed by atoms with E-state index in [0.717, 1.165) is 22.1 Å². The minimum Gasteiger partial charge on any atom is -0.384 e. The van der Waals surface area contributed by atoms with Crippen molar-refractivity contribution in [2.24, 2.45) is 0 Å². The van der Waals surface area contributed by atoms with Crippen LogP contribution in [0.2, 0.25) is 0 Å². The van der Waals surface area contributed by atoms with Gasteiger partial charge in [-0.25, -0.2) is 0 Å². The first-order chi connectivity index (χ1) is 9.70. The summed E-state index contributed by atoms with van der Waals surface area (Å²) < 4.78 is 5.85. The number of rotatable bonds is 5. The number of hydrogen-bond acceptors (Lipinski definition) is 3. The molecule has 0 radical (unpaired) electrons. The van der Waals surface area contributed by atoms with Crippen molar-refractivity contribution in [3.8, 4) is 0 Å². The van der Waals surface area contributed by atoms with Gasteiger partial charge in [0.2, 0.25) is 0 Å². The van der Waals surface area contributed by atoms with E-state index in [1.54, 1.807) is 19.4 Å². The zero-order chi connectivity index (χ0) is 14.4. The Morgan fingerprint density at radius 1 is 1.35 bits per heavy atom. The monoisotopic (exact) mass is 334 g/mol. The third-order valence-corrected chi connectivity index (χ3v) is 3.24. The molecule has 2 aromatic rings. The molecule has 0 unspecified atom stereocenters. The summed E-state index contributed by atoms with van der Waals surface area (Å²) in [5.74, 6) is -0.177. The Hall–Kier alpha value is -1.72. The number of pyridine rings is 1. The average Bonchev–Trinajstić information content (AvgIpc) is 2.46. The van der Waals surface area contributed by atoms with Crippen molar-refractivity contribution in [3.63, 3.8) is 0 Å². The van der Waals surface area contributed by atoms with E-state index in [1.165, 1.54) is 6.20 Å². The van der Waals surface area contributed by atoms with Crippen LogP contribution in [0.3, 0.4) is 0 Å². The number of nitrogens with one attached hydrogen (secondary N) is 1. The van der Waals surface area contributed by atoms with Crippen molar-refractivity contribution >= 4 is 27.5 Å². The molecule has 0 saturated heterocycles. The average molecular weight is 335 g/mol. The highest BCUT2D eigenvalue weighted by molar-refractivity contribution is 9.10. The lowest BCUT2D eigenvalue weighted by molar-refractivity contribution is 0.102. The second kappa shape index (κ2) is 7.17. The number of anilines is 1. The first kappa shape index (κ1) is 14.7. The largest absolute Gasteiger partial charge is 0.384 e. The fourth-order valence-corrected chi connectivity index (χ4v) is 2.17. The number of para-hydroxylation sites is 1. The van der Waals surface area contributed by atoms with Crippen LogP contribution in [0.15, 0.2) is 47.2 Å². The number of hydrogen-bond donors (Lipinski definition) is 1. The van der Waals surface area contributed by atoms with Gasteiger partial charge in [0.05, 0.1) is 12.2 Å². The molecule has 4 nitrogen and oxygen atoms in total. The lowest BCUT2D eigenvalue weighted by atomic mass is 10.1. The maximum atomic E-state index is 12.2. The quantitative estimate of drug-likeness (QED) is 0.912. The maximum Gasteiger partial charge on any atom is 0.257 e. The molecular formula is C15H15BrN2O2. The van der Waals surface area contributed by atoms with Crippen molar-refractivity contribution in [1.29, 1.82) is 0 Å². The molecule has 0 aliphatic rings. The normalized spacial score (nSPS) is 10.3. The summed E-state index contributed by atoms with van der Waals surface area (Å²) >= 11 is 3.31. The molecule has 0 bridgehead atoms. The van der Waals surface area contributed by atoms with Gasteiger partial charge >= 0.3 is 0 Å². The summed E-state index contributed by atoms with van der Waals surface area (Å²) in [6.45, 7) is 0.616. The highest BCUT2D eigenvalue weighted by Crippen LogP contribution is 2.17. The number of halogens is 1. The molecule has 1 aromatic carbocycles. The molecule has 0 atom stereocenters. The lowest BCUT2D eigenvalue weighted by Crippen LogP contribution is -2.14. The number of nitrogens with zero attached hydrogens (tertiary/aromatic N) is 1. The van der Waals surface area contributed by atoms with E-state index in [-0.39, 0.29) is 5.91 Å². The predicted octanol–water partition coefficient (Wildman–Crippen LogP) is 3.29. The zero-order valence-corrected chi connectivity index (χ0v) is 12.7. The fourth-order valence-electron chi connectivity index (χ4n) is 1.80.